The standard InChI is InChI=1S/C24H19FN4O2S/c1-14-5-7-16(8-6-14)21-20(23-27-22(28-31-23)19-4-3-13-32-19)15(2)29(24(30)26-21)18-11-9-17(25)10-12-18/h3-13,21H,1-2H3,(H,26,30). The Bertz CT molecular complexity index is 1290. The molecule has 5 rings (SSSR count). The second kappa shape index (κ2) is 8.05. The number of thiophene rings is 1. The monoisotopic (exact) mass is 446 g/mol. The van der Waals surface area contributed by atoms with Crippen LogP contribution in [0.5, 0.6) is 0 Å². The molecular formula is C24H19FN4O2S. The lowest BCUT2D eigenvalue weighted by Crippen LogP contribution is -2.46. The molecule has 0 aliphatic carbocycles. The van der Waals surface area contributed by atoms with Crippen LogP contribution in [0.4, 0.5) is 14.9 Å². The Hall–Kier alpha value is -3.78. The molecule has 160 valence electrons. The lowest BCUT2D eigenvalue weighted by molar-refractivity contribution is 0.244. The maximum Gasteiger partial charge on any atom is 0.326 e. The van der Waals surface area contributed by atoms with E-state index in [1.165, 1.54) is 28.4 Å². The van der Waals surface area contributed by atoms with Gasteiger partial charge in [-0.15, -0.1) is 11.3 Å². The predicted molar refractivity (Wildman–Crippen MR) is 122 cm³/mol. The lowest BCUT2D eigenvalue weighted by atomic mass is 9.94. The molecule has 6 nitrogen and oxygen atoms in total. The summed E-state index contributed by atoms with van der Waals surface area (Å²) in [6.45, 7) is 3.83. The van der Waals surface area contributed by atoms with Gasteiger partial charge < -0.3 is 9.84 Å². The van der Waals surface area contributed by atoms with Crippen molar-refractivity contribution in [2.45, 2.75) is 19.9 Å². The zero-order chi connectivity index (χ0) is 22.2. The van der Waals surface area contributed by atoms with Crippen LogP contribution in [0.3, 0.4) is 0 Å². The van der Waals surface area contributed by atoms with Crippen molar-refractivity contribution >= 4 is 28.6 Å². The Morgan fingerprint density at radius 2 is 1.81 bits per heavy atom. The molecule has 1 unspecified atom stereocenters. The summed E-state index contributed by atoms with van der Waals surface area (Å²) in [5.74, 6) is 0.440. The highest BCUT2D eigenvalue weighted by atomic mass is 32.1. The van der Waals surface area contributed by atoms with E-state index in [1.54, 1.807) is 12.1 Å². The van der Waals surface area contributed by atoms with Crippen LogP contribution in [0.2, 0.25) is 0 Å². The summed E-state index contributed by atoms with van der Waals surface area (Å²) >= 11 is 1.52. The first-order valence-electron chi connectivity index (χ1n) is 10.0. The molecule has 1 aliphatic rings. The Morgan fingerprint density at radius 3 is 2.50 bits per heavy atom. The number of carbonyl (C=O) groups excluding carboxylic acids is 1. The van der Waals surface area contributed by atoms with Crippen LogP contribution in [-0.4, -0.2) is 16.2 Å². The quantitative estimate of drug-likeness (QED) is 0.421. The van der Waals surface area contributed by atoms with E-state index in [0.717, 1.165) is 16.0 Å². The van der Waals surface area contributed by atoms with Crippen molar-refractivity contribution in [3.8, 4) is 10.7 Å². The lowest BCUT2D eigenvalue weighted by Gasteiger charge is -2.35. The summed E-state index contributed by atoms with van der Waals surface area (Å²) in [7, 11) is 0. The summed E-state index contributed by atoms with van der Waals surface area (Å²) in [5.41, 5.74) is 3.87. The van der Waals surface area contributed by atoms with Crippen LogP contribution >= 0.6 is 11.3 Å². The fraction of sp³-hybridized carbons (Fsp3) is 0.125. The van der Waals surface area contributed by atoms with Gasteiger partial charge in [0.2, 0.25) is 5.82 Å². The molecule has 1 N–H and O–H groups in total. The highest BCUT2D eigenvalue weighted by Gasteiger charge is 2.36. The molecule has 1 atom stereocenters. The van der Waals surface area contributed by atoms with Gasteiger partial charge in [0.25, 0.3) is 5.89 Å². The Balaban J connectivity index is 1.66. The number of benzene rings is 2. The van der Waals surface area contributed by atoms with E-state index in [2.05, 4.69) is 15.5 Å². The smallest absolute Gasteiger partial charge is 0.326 e. The molecule has 0 fully saturated rings. The van der Waals surface area contributed by atoms with Crippen molar-refractivity contribution in [2.75, 3.05) is 4.90 Å². The number of urea groups is 1. The van der Waals surface area contributed by atoms with Gasteiger partial charge in [-0.25, -0.2) is 9.18 Å². The van der Waals surface area contributed by atoms with Crippen LogP contribution in [0.15, 0.2) is 76.3 Å². The number of anilines is 1. The first-order chi connectivity index (χ1) is 15.5. The fourth-order valence-corrected chi connectivity index (χ4v) is 4.42. The Morgan fingerprint density at radius 1 is 1.06 bits per heavy atom. The van der Waals surface area contributed by atoms with Gasteiger partial charge in [-0.1, -0.05) is 41.1 Å². The second-order valence-electron chi connectivity index (χ2n) is 7.50. The minimum absolute atomic E-state index is 0.318. The van der Waals surface area contributed by atoms with Crippen molar-refractivity contribution < 1.29 is 13.7 Å². The molecule has 0 bridgehead atoms. The van der Waals surface area contributed by atoms with E-state index in [1.807, 2.05) is 55.6 Å². The predicted octanol–water partition coefficient (Wildman–Crippen LogP) is 5.95. The summed E-state index contributed by atoms with van der Waals surface area (Å²) in [6.07, 6.45) is 0. The summed E-state index contributed by atoms with van der Waals surface area (Å²) in [4.78, 5) is 20.1. The maximum atomic E-state index is 13.5. The van der Waals surface area contributed by atoms with E-state index in [4.69, 9.17) is 4.52 Å². The number of nitrogens with zero attached hydrogens (tertiary/aromatic N) is 3. The molecule has 0 radical (unpaired) electrons. The molecule has 0 spiro atoms. The molecular weight excluding hydrogens is 427 g/mol. The number of carbonyl (C=O) groups is 1. The first-order valence-corrected chi connectivity index (χ1v) is 10.9. The van der Waals surface area contributed by atoms with Crippen LogP contribution in [0, 0.1) is 12.7 Å². The summed E-state index contributed by atoms with van der Waals surface area (Å²) in [6, 6.07) is 16.7. The van der Waals surface area contributed by atoms with E-state index in [-0.39, 0.29) is 11.8 Å². The molecule has 32 heavy (non-hydrogen) atoms. The third-order valence-electron chi connectivity index (χ3n) is 5.38. The van der Waals surface area contributed by atoms with Crippen LogP contribution < -0.4 is 10.2 Å². The molecule has 0 saturated carbocycles. The minimum Gasteiger partial charge on any atom is -0.334 e. The van der Waals surface area contributed by atoms with Gasteiger partial charge in [-0.2, -0.15) is 4.98 Å². The average molecular weight is 447 g/mol. The summed E-state index contributed by atoms with van der Waals surface area (Å²) < 4.78 is 19.1. The number of aromatic nitrogens is 2. The van der Waals surface area contributed by atoms with Gasteiger partial charge in [0.15, 0.2) is 0 Å². The SMILES string of the molecule is CC1=C(c2nc(-c3cccs3)no2)C(c2ccc(C)cc2)NC(=O)N1c1ccc(F)cc1. The van der Waals surface area contributed by atoms with Crippen LogP contribution in [0.1, 0.15) is 30.0 Å². The molecule has 1 aliphatic heterocycles. The van der Waals surface area contributed by atoms with E-state index in [0.29, 0.717) is 28.7 Å². The molecule has 4 aromatic rings. The third-order valence-corrected chi connectivity index (χ3v) is 6.24. The molecule has 3 heterocycles. The molecule has 8 heteroatoms. The molecule has 0 saturated heterocycles. The number of hydrogen-bond acceptors (Lipinski definition) is 5. The molecule has 2 aromatic carbocycles. The zero-order valence-electron chi connectivity index (χ0n) is 17.4. The van der Waals surface area contributed by atoms with Crippen molar-refractivity contribution in [2.24, 2.45) is 0 Å². The third kappa shape index (κ3) is 3.58. The second-order valence-corrected chi connectivity index (χ2v) is 8.45. The van der Waals surface area contributed by atoms with Gasteiger partial charge in [0.1, 0.15) is 5.82 Å². The number of amides is 2. The number of rotatable bonds is 4. The van der Waals surface area contributed by atoms with Crippen molar-refractivity contribution in [1.82, 2.24) is 15.5 Å². The maximum absolute atomic E-state index is 13.5. The Kier molecular flexibility index (Phi) is 5.07. The summed E-state index contributed by atoms with van der Waals surface area (Å²) in [5, 5.41) is 9.14. The van der Waals surface area contributed by atoms with Crippen molar-refractivity contribution in [1.29, 1.82) is 0 Å². The van der Waals surface area contributed by atoms with Crippen LogP contribution in [0.25, 0.3) is 16.3 Å². The van der Waals surface area contributed by atoms with Gasteiger partial charge in [0.05, 0.1) is 22.2 Å². The topological polar surface area (TPSA) is 71.3 Å². The highest BCUT2D eigenvalue weighted by molar-refractivity contribution is 7.13. The minimum atomic E-state index is -0.476. The molecule has 2 aromatic heterocycles. The van der Waals surface area contributed by atoms with E-state index >= 15 is 0 Å². The van der Waals surface area contributed by atoms with E-state index < -0.39 is 6.04 Å². The number of nitrogens with one attached hydrogen (secondary N) is 1. The van der Waals surface area contributed by atoms with Crippen molar-refractivity contribution in [3.63, 3.8) is 0 Å². The number of halogens is 1. The average Bonchev–Trinajstić information content (AvgIpc) is 3.47. The highest BCUT2D eigenvalue weighted by Crippen LogP contribution is 2.39. The first kappa shape index (κ1) is 20.1. The van der Waals surface area contributed by atoms with Crippen molar-refractivity contribution in [3.05, 3.63) is 94.6 Å². The zero-order valence-corrected chi connectivity index (χ0v) is 18.2. The normalized spacial score (nSPS) is 16.4. The molecule has 2 amide bonds. The van der Waals surface area contributed by atoms with E-state index in [9.17, 15) is 9.18 Å². The number of hydrogen-bond donors (Lipinski definition) is 1. The number of allylic oxidation sites excluding steroid dienone is 1. The largest absolute Gasteiger partial charge is 0.334 e. The van der Waals surface area contributed by atoms with Gasteiger partial charge in [-0.3, -0.25) is 4.90 Å². The Labute approximate surface area is 188 Å². The van der Waals surface area contributed by atoms with Crippen LogP contribution in [-0.2, 0) is 0 Å². The van der Waals surface area contributed by atoms with Gasteiger partial charge >= 0.3 is 6.03 Å². The fourth-order valence-electron chi connectivity index (χ4n) is 3.77. The van der Waals surface area contributed by atoms with Gasteiger partial charge in [0, 0.05) is 5.70 Å². The number of aryl methyl sites for hydroxylation is 1. The van der Waals surface area contributed by atoms with Gasteiger partial charge in [-0.05, 0) is 55.1 Å².